The Balaban J connectivity index is 2.36. The third kappa shape index (κ3) is 3.28. The summed E-state index contributed by atoms with van der Waals surface area (Å²) in [6.07, 6.45) is 6.83. The standard InChI is InChI=1S/C16H28N4O/c1-5-12-6-8-19(13(10-12)11-17)14-15(21)20(9-7-18-14)16(2,3)4/h7,9,12-13H,5-6,8,10-11,17H2,1-4H3. The lowest BCUT2D eigenvalue weighted by atomic mass is 9.89. The maximum Gasteiger partial charge on any atom is 0.293 e. The Morgan fingerprint density at radius 2 is 2.14 bits per heavy atom. The monoisotopic (exact) mass is 292 g/mol. The van der Waals surface area contributed by atoms with Gasteiger partial charge in [-0.2, -0.15) is 0 Å². The van der Waals surface area contributed by atoms with Crippen molar-refractivity contribution >= 4 is 5.82 Å². The topological polar surface area (TPSA) is 64.2 Å². The third-order valence-corrected chi connectivity index (χ3v) is 4.49. The molecule has 1 aromatic heterocycles. The van der Waals surface area contributed by atoms with Gasteiger partial charge in [0.25, 0.3) is 5.56 Å². The zero-order valence-corrected chi connectivity index (χ0v) is 13.7. The fraction of sp³-hybridized carbons (Fsp3) is 0.750. The van der Waals surface area contributed by atoms with Gasteiger partial charge in [-0.25, -0.2) is 4.98 Å². The Hall–Kier alpha value is -1.36. The lowest BCUT2D eigenvalue weighted by Gasteiger charge is -2.39. The molecular weight excluding hydrogens is 264 g/mol. The van der Waals surface area contributed by atoms with Crippen LogP contribution in [0.2, 0.25) is 0 Å². The lowest BCUT2D eigenvalue weighted by Crippen LogP contribution is -2.50. The second kappa shape index (κ2) is 6.18. The molecule has 0 spiro atoms. The van der Waals surface area contributed by atoms with Crippen LogP contribution in [-0.2, 0) is 5.54 Å². The van der Waals surface area contributed by atoms with Gasteiger partial charge in [0.05, 0.1) is 0 Å². The Bertz CT molecular complexity index is 532. The van der Waals surface area contributed by atoms with Crippen LogP contribution >= 0.6 is 0 Å². The van der Waals surface area contributed by atoms with E-state index in [4.69, 9.17) is 5.73 Å². The first-order chi connectivity index (χ1) is 9.88. The molecule has 0 amide bonds. The van der Waals surface area contributed by atoms with E-state index >= 15 is 0 Å². The number of hydrogen-bond donors (Lipinski definition) is 1. The average molecular weight is 292 g/mol. The molecule has 1 saturated heterocycles. The Morgan fingerprint density at radius 3 is 2.71 bits per heavy atom. The molecule has 118 valence electrons. The third-order valence-electron chi connectivity index (χ3n) is 4.49. The summed E-state index contributed by atoms with van der Waals surface area (Å²) >= 11 is 0. The van der Waals surface area contributed by atoms with Gasteiger partial charge in [0.2, 0.25) is 0 Å². The van der Waals surface area contributed by atoms with E-state index in [1.165, 1.54) is 6.42 Å². The molecule has 2 atom stereocenters. The van der Waals surface area contributed by atoms with Crippen molar-refractivity contribution < 1.29 is 0 Å². The fourth-order valence-corrected chi connectivity index (χ4v) is 3.13. The van der Waals surface area contributed by atoms with Crippen LogP contribution in [0.3, 0.4) is 0 Å². The summed E-state index contributed by atoms with van der Waals surface area (Å²) in [6, 6.07) is 0.222. The second-order valence-corrected chi connectivity index (χ2v) is 6.98. The molecular formula is C16H28N4O. The van der Waals surface area contributed by atoms with Crippen LogP contribution in [0.1, 0.15) is 47.0 Å². The van der Waals surface area contributed by atoms with E-state index in [-0.39, 0.29) is 17.1 Å². The van der Waals surface area contributed by atoms with Gasteiger partial charge in [-0.1, -0.05) is 13.3 Å². The molecule has 2 unspecified atom stereocenters. The number of piperidine rings is 1. The highest BCUT2D eigenvalue weighted by atomic mass is 16.1. The molecule has 1 fully saturated rings. The Labute approximate surface area is 127 Å². The van der Waals surface area contributed by atoms with E-state index in [9.17, 15) is 4.79 Å². The zero-order valence-electron chi connectivity index (χ0n) is 13.7. The van der Waals surface area contributed by atoms with Gasteiger partial charge in [0.1, 0.15) is 0 Å². The molecule has 1 aliphatic heterocycles. The average Bonchev–Trinajstić information content (AvgIpc) is 2.45. The van der Waals surface area contributed by atoms with Crippen molar-refractivity contribution in [2.45, 2.75) is 58.5 Å². The number of nitrogens with two attached hydrogens (primary N) is 1. The first-order valence-corrected chi connectivity index (χ1v) is 7.93. The van der Waals surface area contributed by atoms with E-state index in [0.29, 0.717) is 18.3 Å². The molecule has 2 heterocycles. The minimum absolute atomic E-state index is 0.0154. The van der Waals surface area contributed by atoms with Crippen LogP contribution in [0, 0.1) is 5.92 Å². The molecule has 1 aromatic rings. The molecule has 2 N–H and O–H groups in total. The number of anilines is 1. The van der Waals surface area contributed by atoms with Crippen LogP contribution in [0.5, 0.6) is 0 Å². The number of hydrogen-bond acceptors (Lipinski definition) is 4. The van der Waals surface area contributed by atoms with Crippen LogP contribution in [0.25, 0.3) is 0 Å². The molecule has 5 heteroatoms. The normalized spacial score (nSPS) is 23.4. The van der Waals surface area contributed by atoms with Crippen molar-refractivity contribution in [3.05, 3.63) is 22.7 Å². The summed E-state index contributed by atoms with van der Waals surface area (Å²) in [5, 5.41) is 0. The van der Waals surface area contributed by atoms with Crippen LogP contribution < -0.4 is 16.2 Å². The van der Waals surface area contributed by atoms with Gasteiger partial charge in [-0.15, -0.1) is 0 Å². The van der Waals surface area contributed by atoms with E-state index in [2.05, 4.69) is 16.8 Å². The predicted molar refractivity (Wildman–Crippen MR) is 86.7 cm³/mol. The summed E-state index contributed by atoms with van der Waals surface area (Å²) in [7, 11) is 0. The summed E-state index contributed by atoms with van der Waals surface area (Å²) in [6.45, 7) is 9.76. The molecule has 2 rings (SSSR count). The van der Waals surface area contributed by atoms with Gasteiger partial charge in [-0.05, 0) is 39.5 Å². The van der Waals surface area contributed by atoms with Crippen LogP contribution in [0.15, 0.2) is 17.2 Å². The highest BCUT2D eigenvalue weighted by molar-refractivity contribution is 5.38. The number of aromatic nitrogens is 2. The Morgan fingerprint density at radius 1 is 1.43 bits per heavy atom. The summed E-state index contributed by atoms with van der Waals surface area (Å²) in [5.74, 6) is 1.26. The second-order valence-electron chi connectivity index (χ2n) is 6.98. The Kier molecular flexibility index (Phi) is 4.71. The van der Waals surface area contributed by atoms with E-state index < -0.39 is 0 Å². The van der Waals surface area contributed by atoms with E-state index in [0.717, 1.165) is 19.4 Å². The minimum atomic E-state index is -0.241. The van der Waals surface area contributed by atoms with Crippen molar-refractivity contribution in [2.75, 3.05) is 18.0 Å². The molecule has 0 saturated carbocycles. The highest BCUT2D eigenvalue weighted by Gasteiger charge is 2.30. The molecule has 0 aromatic carbocycles. The van der Waals surface area contributed by atoms with Crippen molar-refractivity contribution in [1.29, 1.82) is 0 Å². The van der Waals surface area contributed by atoms with Gasteiger partial charge in [0.15, 0.2) is 5.82 Å². The molecule has 1 aliphatic rings. The fourth-order valence-electron chi connectivity index (χ4n) is 3.13. The smallest absolute Gasteiger partial charge is 0.293 e. The van der Waals surface area contributed by atoms with Crippen molar-refractivity contribution in [2.24, 2.45) is 11.7 Å². The van der Waals surface area contributed by atoms with E-state index in [1.54, 1.807) is 17.0 Å². The number of nitrogens with zero attached hydrogens (tertiary/aromatic N) is 3. The molecule has 21 heavy (non-hydrogen) atoms. The largest absolute Gasteiger partial charge is 0.348 e. The van der Waals surface area contributed by atoms with Gasteiger partial charge >= 0.3 is 0 Å². The van der Waals surface area contributed by atoms with Gasteiger partial charge in [-0.3, -0.25) is 4.79 Å². The van der Waals surface area contributed by atoms with Crippen molar-refractivity contribution in [3.63, 3.8) is 0 Å². The summed E-state index contributed by atoms with van der Waals surface area (Å²) in [5.41, 5.74) is 5.69. The highest BCUT2D eigenvalue weighted by Crippen LogP contribution is 2.27. The molecule has 0 aliphatic carbocycles. The summed E-state index contributed by atoms with van der Waals surface area (Å²) in [4.78, 5) is 19.2. The maximum atomic E-state index is 12.7. The van der Waals surface area contributed by atoms with Gasteiger partial charge in [0, 0.05) is 37.1 Å². The summed E-state index contributed by atoms with van der Waals surface area (Å²) < 4.78 is 1.76. The van der Waals surface area contributed by atoms with Gasteiger partial charge < -0.3 is 15.2 Å². The first kappa shape index (κ1) is 16.0. The lowest BCUT2D eigenvalue weighted by molar-refractivity contribution is 0.330. The quantitative estimate of drug-likeness (QED) is 0.925. The van der Waals surface area contributed by atoms with E-state index in [1.807, 2.05) is 20.8 Å². The molecule has 0 radical (unpaired) electrons. The molecule has 0 bridgehead atoms. The van der Waals surface area contributed by atoms with Crippen molar-refractivity contribution in [3.8, 4) is 0 Å². The predicted octanol–water partition coefficient (Wildman–Crippen LogP) is 1.95. The SMILES string of the molecule is CCC1CCN(c2nccn(C(C)(C)C)c2=O)C(CN)C1. The van der Waals surface area contributed by atoms with Crippen molar-refractivity contribution in [1.82, 2.24) is 9.55 Å². The number of rotatable bonds is 3. The first-order valence-electron chi connectivity index (χ1n) is 7.93. The molecule has 5 nitrogen and oxygen atoms in total. The zero-order chi connectivity index (χ0) is 15.6. The minimum Gasteiger partial charge on any atom is -0.348 e. The van der Waals surface area contributed by atoms with Crippen LogP contribution in [0.4, 0.5) is 5.82 Å². The maximum absolute atomic E-state index is 12.7. The van der Waals surface area contributed by atoms with Crippen LogP contribution in [-0.4, -0.2) is 28.7 Å².